The zero-order valence-electron chi connectivity index (χ0n) is 18.3. The van der Waals surface area contributed by atoms with Gasteiger partial charge in [-0.15, -0.1) is 11.8 Å². The number of nitrogens with one attached hydrogen (secondary N) is 2. The lowest BCUT2D eigenvalue weighted by Gasteiger charge is -2.56. The van der Waals surface area contributed by atoms with Crippen molar-refractivity contribution in [3.8, 4) is 0 Å². The molecule has 4 saturated carbocycles. The molecule has 0 unspecified atom stereocenters. The molecule has 0 heterocycles. The summed E-state index contributed by atoms with van der Waals surface area (Å²) in [6.07, 6.45) is 7.51. The Hall–Kier alpha value is -1.98. The standard InChI is InChI=1S/C26H29ClN2O2S/c1-16-6-7-22(21(27)8-16)28-25(31)20-4-2-3-5-23(20)32-15-24(30)29-26-12-17-9-18(13-26)11-19(10-17)14-26/h2-8,17-19H,9-15H2,1H3,(H,28,31)(H,29,30). The third-order valence-corrected chi connectivity index (χ3v) is 8.69. The molecule has 4 bridgehead atoms. The van der Waals surface area contributed by atoms with Crippen molar-refractivity contribution in [2.45, 2.75) is 55.9 Å². The highest BCUT2D eigenvalue weighted by Gasteiger charge is 2.51. The van der Waals surface area contributed by atoms with Crippen LogP contribution in [0.4, 0.5) is 5.69 Å². The molecule has 4 fully saturated rings. The molecular formula is C26H29ClN2O2S. The average Bonchev–Trinajstić information content (AvgIpc) is 2.73. The van der Waals surface area contributed by atoms with Crippen LogP contribution in [0, 0.1) is 24.7 Å². The predicted molar refractivity (Wildman–Crippen MR) is 130 cm³/mol. The molecule has 0 atom stereocenters. The maximum absolute atomic E-state index is 12.9. The molecule has 168 valence electrons. The smallest absolute Gasteiger partial charge is 0.256 e. The van der Waals surface area contributed by atoms with E-state index < -0.39 is 0 Å². The van der Waals surface area contributed by atoms with Gasteiger partial charge in [-0.05, 0) is 93.0 Å². The molecule has 0 spiro atoms. The molecule has 2 amide bonds. The quantitative estimate of drug-likeness (QED) is 0.505. The monoisotopic (exact) mass is 468 g/mol. The summed E-state index contributed by atoms with van der Waals surface area (Å²) in [4.78, 5) is 26.6. The molecule has 4 aliphatic carbocycles. The SMILES string of the molecule is Cc1ccc(NC(=O)c2ccccc2SCC(=O)NC23CC4CC(CC(C4)C2)C3)c(Cl)c1. The molecule has 6 rings (SSSR count). The summed E-state index contributed by atoms with van der Waals surface area (Å²) in [5.41, 5.74) is 2.19. The highest BCUT2D eigenvalue weighted by atomic mass is 35.5. The Bertz CT molecular complexity index is 1020. The molecule has 2 aromatic rings. The van der Waals surface area contributed by atoms with Gasteiger partial charge >= 0.3 is 0 Å². The van der Waals surface area contributed by atoms with Gasteiger partial charge in [-0.1, -0.05) is 29.8 Å². The van der Waals surface area contributed by atoms with Gasteiger partial charge in [0.15, 0.2) is 0 Å². The number of benzene rings is 2. The molecule has 32 heavy (non-hydrogen) atoms. The Morgan fingerprint density at radius 1 is 1.03 bits per heavy atom. The summed E-state index contributed by atoms with van der Waals surface area (Å²) in [6, 6.07) is 13.0. The molecule has 2 N–H and O–H groups in total. The first-order chi connectivity index (χ1) is 15.4. The van der Waals surface area contributed by atoms with Gasteiger partial charge in [-0.3, -0.25) is 9.59 Å². The van der Waals surface area contributed by atoms with Crippen LogP contribution in [0.25, 0.3) is 0 Å². The minimum absolute atomic E-state index is 0.0193. The number of hydrogen-bond donors (Lipinski definition) is 2. The predicted octanol–water partition coefficient (Wildman–Crippen LogP) is 6.08. The average molecular weight is 469 g/mol. The van der Waals surface area contributed by atoms with E-state index in [0.29, 0.717) is 22.0 Å². The van der Waals surface area contributed by atoms with Gasteiger partial charge in [0, 0.05) is 10.4 Å². The lowest BCUT2D eigenvalue weighted by Crippen LogP contribution is -2.60. The van der Waals surface area contributed by atoms with Crippen molar-refractivity contribution < 1.29 is 9.59 Å². The topological polar surface area (TPSA) is 58.2 Å². The number of carbonyl (C=O) groups is 2. The fraction of sp³-hybridized carbons (Fsp3) is 0.462. The van der Waals surface area contributed by atoms with Crippen LogP contribution in [0.3, 0.4) is 0 Å². The lowest BCUT2D eigenvalue weighted by molar-refractivity contribution is -0.124. The minimum atomic E-state index is -0.222. The van der Waals surface area contributed by atoms with Gasteiger partial charge in [-0.2, -0.15) is 0 Å². The van der Waals surface area contributed by atoms with Crippen molar-refractivity contribution in [2.75, 3.05) is 11.1 Å². The molecule has 0 aliphatic heterocycles. The van der Waals surface area contributed by atoms with Crippen molar-refractivity contribution >= 4 is 40.9 Å². The van der Waals surface area contributed by atoms with E-state index in [1.165, 1.54) is 31.0 Å². The molecule has 2 aromatic carbocycles. The number of hydrogen-bond acceptors (Lipinski definition) is 3. The summed E-state index contributed by atoms with van der Waals surface area (Å²) in [6.45, 7) is 1.96. The summed E-state index contributed by atoms with van der Waals surface area (Å²) in [5, 5.41) is 6.83. The summed E-state index contributed by atoms with van der Waals surface area (Å²) < 4.78 is 0. The second-order valence-corrected chi connectivity index (χ2v) is 11.4. The maximum Gasteiger partial charge on any atom is 0.256 e. The van der Waals surface area contributed by atoms with E-state index in [1.54, 1.807) is 6.07 Å². The number of halogens is 1. The van der Waals surface area contributed by atoms with Crippen LogP contribution in [0.15, 0.2) is 47.4 Å². The Morgan fingerprint density at radius 3 is 2.34 bits per heavy atom. The number of amides is 2. The Morgan fingerprint density at radius 2 is 1.69 bits per heavy atom. The van der Waals surface area contributed by atoms with E-state index in [-0.39, 0.29) is 17.4 Å². The fourth-order valence-electron chi connectivity index (χ4n) is 6.43. The second kappa shape index (κ2) is 8.75. The lowest BCUT2D eigenvalue weighted by atomic mass is 9.53. The van der Waals surface area contributed by atoms with Crippen LogP contribution in [0.5, 0.6) is 0 Å². The van der Waals surface area contributed by atoms with Crippen LogP contribution < -0.4 is 10.6 Å². The molecule has 0 radical (unpaired) electrons. The van der Waals surface area contributed by atoms with Crippen LogP contribution in [-0.4, -0.2) is 23.1 Å². The Labute approximate surface area is 198 Å². The highest BCUT2D eigenvalue weighted by molar-refractivity contribution is 8.00. The van der Waals surface area contributed by atoms with Crippen molar-refractivity contribution in [3.05, 3.63) is 58.6 Å². The summed E-state index contributed by atoms with van der Waals surface area (Å²) in [7, 11) is 0. The summed E-state index contributed by atoms with van der Waals surface area (Å²) in [5.74, 6) is 2.57. The maximum atomic E-state index is 12.9. The van der Waals surface area contributed by atoms with Crippen LogP contribution in [-0.2, 0) is 4.79 Å². The minimum Gasteiger partial charge on any atom is -0.350 e. The molecule has 4 nitrogen and oxygen atoms in total. The van der Waals surface area contributed by atoms with Crippen molar-refractivity contribution in [3.63, 3.8) is 0 Å². The van der Waals surface area contributed by atoms with Gasteiger partial charge in [0.05, 0.1) is 22.0 Å². The Balaban J connectivity index is 1.23. The van der Waals surface area contributed by atoms with Crippen molar-refractivity contribution in [1.29, 1.82) is 0 Å². The van der Waals surface area contributed by atoms with E-state index in [2.05, 4.69) is 10.6 Å². The van der Waals surface area contributed by atoms with E-state index in [4.69, 9.17) is 11.6 Å². The van der Waals surface area contributed by atoms with Crippen LogP contribution >= 0.6 is 23.4 Å². The second-order valence-electron chi connectivity index (χ2n) is 9.97. The first-order valence-corrected chi connectivity index (χ1v) is 12.9. The van der Waals surface area contributed by atoms with Crippen molar-refractivity contribution in [1.82, 2.24) is 5.32 Å². The number of rotatable bonds is 6. The van der Waals surface area contributed by atoms with E-state index in [9.17, 15) is 9.59 Å². The fourth-order valence-corrected chi connectivity index (χ4v) is 7.56. The number of anilines is 1. The molecular weight excluding hydrogens is 440 g/mol. The number of aryl methyl sites for hydroxylation is 1. The molecule has 0 saturated heterocycles. The summed E-state index contributed by atoms with van der Waals surface area (Å²) >= 11 is 7.70. The van der Waals surface area contributed by atoms with E-state index in [0.717, 1.165) is 47.5 Å². The number of thioether (sulfide) groups is 1. The van der Waals surface area contributed by atoms with Crippen LogP contribution in [0.1, 0.15) is 54.4 Å². The third-order valence-electron chi connectivity index (χ3n) is 7.31. The van der Waals surface area contributed by atoms with Gasteiger partial charge < -0.3 is 10.6 Å². The zero-order valence-corrected chi connectivity index (χ0v) is 19.9. The first kappa shape index (κ1) is 21.8. The van der Waals surface area contributed by atoms with Gasteiger partial charge in [0.1, 0.15) is 0 Å². The molecule has 6 heteroatoms. The largest absolute Gasteiger partial charge is 0.350 e. The van der Waals surface area contributed by atoms with Crippen molar-refractivity contribution in [2.24, 2.45) is 17.8 Å². The first-order valence-electron chi connectivity index (χ1n) is 11.5. The molecule has 0 aromatic heterocycles. The van der Waals surface area contributed by atoms with Gasteiger partial charge in [-0.25, -0.2) is 0 Å². The number of carbonyl (C=O) groups excluding carboxylic acids is 2. The highest BCUT2D eigenvalue weighted by Crippen LogP contribution is 2.55. The van der Waals surface area contributed by atoms with E-state index in [1.807, 2.05) is 43.3 Å². The normalized spacial score (nSPS) is 27.9. The zero-order chi connectivity index (χ0) is 22.3. The van der Waals surface area contributed by atoms with Crippen LogP contribution in [0.2, 0.25) is 5.02 Å². The van der Waals surface area contributed by atoms with Gasteiger partial charge in [0.25, 0.3) is 5.91 Å². The third kappa shape index (κ3) is 4.55. The molecule has 4 aliphatic rings. The Kier molecular flexibility index (Phi) is 5.98. The van der Waals surface area contributed by atoms with Gasteiger partial charge in [0.2, 0.25) is 5.91 Å². The van der Waals surface area contributed by atoms with E-state index >= 15 is 0 Å².